The molecule has 0 bridgehead atoms. The zero-order valence-corrected chi connectivity index (χ0v) is 12.8. The van der Waals surface area contributed by atoms with E-state index in [1.807, 2.05) is 12.1 Å². The highest BCUT2D eigenvalue weighted by atomic mass is 35.5. The number of amides is 2. The van der Waals surface area contributed by atoms with Gasteiger partial charge in [0.25, 0.3) is 0 Å². The Morgan fingerprint density at radius 2 is 1.73 bits per heavy atom. The Balaban J connectivity index is 1.55. The highest BCUT2D eigenvalue weighted by Crippen LogP contribution is 2.14. The third kappa shape index (κ3) is 6.01. The molecule has 1 aromatic carbocycles. The Morgan fingerprint density at radius 3 is 2.45 bits per heavy atom. The van der Waals surface area contributed by atoms with Crippen molar-refractivity contribution in [1.29, 1.82) is 0 Å². The zero-order chi connectivity index (χ0) is 15.6. The van der Waals surface area contributed by atoms with Crippen molar-refractivity contribution in [1.82, 2.24) is 15.6 Å². The van der Waals surface area contributed by atoms with Crippen molar-refractivity contribution in [2.75, 3.05) is 19.7 Å². The first kappa shape index (κ1) is 16.1. The van der Waals surface area contributed by atoms with Gasteiger partial charge in [0.2, 0.25) is 0 Å². The van der Waals surface area contributed by atoms with Crippen LogP contribution in [0.3, 0.4) is 0 Å². The molecule has 2 amide bonds. The fourth-order valence-electron chi connectivity index (χ4n) is 1.80. The lowest BCUT2D eigenvalue weighted by Crippen LogP contribution is -2.38. The molecule has 2 rings (SSSR count). The molecule has 0 saturated heterocycles. The first-order chi connectivity index (χ1) is 10.7. The molecule has 1 aromatic heterocycles. The Kier molecular flexibility index (Phi) is 6.51. The molecule has 0 aliphatic heterocycles. The Hall–Kier alpha value is -2.27. The van der Waals surface area contributed by atoms with E-state index < -0.39 is 0 Å². The predicted molar refractivity (Wildman–Crippen MR) is 86.3 cm³/mol. The van der Waals surface area contributed by atoms with Crippen LogP contribution in [0, 0.1) is 0 Å². The molecule has 0 saturated carbocycles. The maximum atomic E-state index is 11.6. The second-order valence-corrected chi connectivity index (χ2v) is 5.03. The standard InChI is InChI=1S/C16H18ClN3O2/c17-14-1-3-15(4-2-14)22-12-11-20-16(21)19-10-7-13-5-8-18-9-6-13/h1-6,8-9H,7,10-12H2,(H2,19,20,21). The van der Waals surface area contributed by atoms with Gasteiger partial charge in [-0.3, -0.25) is 4.98 Å². The Morgan fingerprint density at radius 1 is 1.05 bits per heavy atom. The van der Waals surface area contributed by atoms with E-state index in [0.717, 1.165) is 17.7 Å². The van der Waals surface area contributed by atoms with Crippen molar-refractivity contribution < 1.29 is 9.53 Å². The van der Waals surface area contributed by atoms with Crippen molar-refractivity contribution in [2.45, 2.75) is 6.42 Å². The van der Waals surface area contributed by atoms with Gasteiger partial charge in [0.1, 0.15) is 12.4 Å². The topological polar surface area (TPSA) is 63.2 Å². The van der Waals surface area contributed by atoms with Crippen LogP contribution in [-0.2, 0) is 6.42 Å². The average Bonchev–Trinajstić information content (AvgIpc) is 2.54. The van der Waals surface area contributed by atoms with Crippen LogP contribution in [0.25, 0.3) is 0 Å². The van der Waals surface area contributed by atoms with Crippen LogP contribution in [0.15, 0.2) is 48.8 Å². The maximum absolute atomic E-state index is 11.6. The van der Waals surface area contributed by atoms with Crippen molar-refractivity contribution in [3.63, 3.8) is 0 Å². The summed E-state index contributed by atoms with van der Waals surface area (Å²) in [5.74, 6) is 0.726. The number of urea groups is 1. The van der Waals surface area contributed by atoms with E-state index in [2.05, 4.69) is 15.6 Å². The fraction of sp³-hybridized carbons (Fsp3) is 0.250. The largest absolute Gasteiger partial charge is 0.492 e. The van der Waals surface area contributed by atoms with Gasteiger partial charge in [-0.15, -0.1) is 0 Å². The number of nitrogens with one attached hydrogen (secondary N) is 2. The lowest BCUT2D eigenvalue weighted by Gasteiger charge is -2.09. The Bertz CT molecular complexity index is 576. The van der Waals surface area contributed by atoms with Crippen LogP contribution >= 0.6 is 11.6 Å². The number of hydrogen-bond acceptors (Lipinski definition) is 3. The van der Waals surface area contributed by atoms with E-state index in [1.54, 1.807) is 36.7 Å². The van der Waals surface area contributed by atoms with E-state index in [0.29, 0.717) is 24.7 Å². The summed E-state index contributed by atoms with van der Waals surface area (Å²) in [7, 11) is 0. The summed E-state index contributed by atoms with van der Waals surface area (Å²) in [4.78, 5) is 15.5. The highest BCUT2D eigenvalue weighted by molar-refractivity contribution is 6.30. The van der Waals surface area contributed by atoms with Crippen molar-refractivity contribution in [2.24, 2.45) is 0 Å². The number of rotatable bonds is 7. The van der Waals surface area contributed by atoms with E-state index in [4.69, 9.17) is 16.3 Å². The van der Waals surface area contributed by atoms with Gasteiger partial charge in [-0.25, -0.2) is 4.79 Å². The number of ether oxygens (including phenoxy) is 1. The normalized spacial score (nSPS) is 10.0. The molecular weight excluding hydrogens is 302 g/mol. The first-order valence-electron chi connectivity index (χ1n) is 7.03. The summed E-state index contributed by atoms with van der Waals surface area (Å²) >= 11 is 5.78. The first-order valence-corrected chi connectivity index (χ1v) is 7.41. The van der Waals surface area contributed by atoms with Crippen molar-refractivity contribution >= 4 is 17.6 Å². The van der Waals surface area contributed by atoms with Gasteiger partial charge in [-0.2, -0.15) is 0 Å². The second-order valence-electron chi connectivity index (χ2n) is 4.59. The smallest absolute Gasteiger partial charge is 0.314 e. The van der Waals surface area contributed by atoms with Gasteiger partial charge in [-0.05, 0) is 48.4 Å². The van der Waals surface area contributed by atoms with E-state index in [-0.39, 0.29) is 6.03 Å². The average molecular weight is 320 g/mol. The van der Waals surface area contributed by atoms with Crippen molar-refractivity contribution in [3.05, 3.63) is 59.4 Å². The minimum absolute atomic E-state index is 0.200. The zero-order valence-electron chi connectivity index (χ0n) is 12.1. The summed E-state index contributed by atoms with van der Waals surface area (Å²) in [5.41, 5.74) is 1.14. The van der Waals surface area contributed by atoms with Crippen molar-refractivity contribution in [3.8, 4) is 5.75 Å². The van der Waals surface area contributed by atoms with E-state index >= 15 is 0 Å². The number of pyridine rings is 1. The molecule has 116 valence electrons. The van der Waals surface area contributed by atoms with Crippen LogP contribution in [-0.4, -0.2) is 30.7 Å². The van der Waals surface area contributed by atoms with Gasteiger partial charge in [0.05, 0.1) is 6.54 Å². The molecule has 0 spiro atoms. The van der Waals surface area contributed by atoms with Gasteiger partial charge in [-0.1, -0.05) is 11.6 Å². The quantitative estimate of drug-likeness (QED) is 0.771. The summed E-state index contributed by atoms with van der Waals surface area (Å²) in [6.07, 6.45) is 4.25. The SMILES string of the molecule is O=C(NCCOc1ccc(Cl)cc1)NCCc1ccncc1. The molecule has 0 atom stereocenters. The number of nitrogens with zero attached hydrogens (tertiary/aromatic N) is 1. The summed E-state index contributed by atoms with van der Waals surface area (Å²) in [5, 5.41) is 6.20. The molecule has 1 heterocycles. The summed E-state index contributed by atoms with van der Waals surface area (Å²) < 4.78 is 5.48. The molecular formula is C16H18ClN3O2. The van der Waals surface area contributed by atoms with Crippen LogP contribution < -0.4 is 15.4 Å². The Labute approximate surface area is 134 Å². The minimum atomic E-state index is -0.200. The number of aromatic nitrogens is 1. The van der Waals surface area contributed by atoms with Crippen LogP contribution in [0.5, 0.6) is 5.75 Å². The third-order valence-corrected chi connectivity index (χ3v) is 3.17. The van der Waals surface area contributed by atoms with Gasteiger partial charge < -0.3 is 15.4 Å². The van der Waals surface area contributed by atoms with E-state index in [1.165, 1.54) is 0 Å². The molecule has 2 N–H and O–H groups in total. The highest BCUT2D eigenvalue weighted by Gasteiger charge is 2.00. The third-order valence-electron chi connectivity index (χ3n) is 2.92. The molecule has 6 heteroatoms. The molecule has 2 aromatic rings. The molecule has 0 radical (unpaired) electrons. The molecule has 22 heavy (non-hydrogen) atoms. The van der Waals surface area contributed by atoms with Crippen LogP contribution in [0.2, 0.25) is 5.02 Å². The minimum Gasteiger partial charge on any atom is -0.492 e. The summed E-state index contributed by atoms with van der Waals surface area (Å²) in [6.45, 7) is 1.41. The maximum Gasteiger partial charge on any atom is 0.314 e. The van der Waals surface area contributed by atoms with Gasteiger partial charge >= 0.3 is 6.03 Å². The van der Waals surface area contributed by atoms with Crippen LogP contribution in [0.4, 0.5) is 4.79 Å². The lowest BCUT2D eigenvalue weighted by molar-refractivity contribution is 0.236. The van der Waals surface area contributed by atoms with E-state index in [9.17, 15) is 4.79 Å². The molecule has 0 fully saturated rings. The molecule has 5 nitrogen and oxygen atoms in total. The summed E-state index contributed by atoms with van der Waals surface area (Å²) in [6, 6.07) is 10.8. The van der Waals surface area contributed by atoms with Crippen LogP contribution in [0.1, 0.15) is 5.56 Å². The van der Waals surface area contributed by atoms with Gasteiger partial charge in [0, 0.05) is 24.0 Å². The molecule has 0 aliphatic rings. The number of halogens is 1. The van der Waals surface area contributed by atoms with Gasteiger partial charge in [0.15, 0.2) is 0 Å². The second kappa shape index (κ2) is 8.89. The predicted octanol–water partition coefficient (Wildman–Crippen LogP) is 2.66. The lowest BCUT2D eigenvalue weighted by atomic mass is 10.2. The number of carbonyl (C=O) groups is 1. The monoisotopic (exact) mass is 319 g/mol. The number of carbonyl (C=O) groups excluding carboxylic acids is 1. The molecule has 0 aliphatic carbocycles. The fourth-order valence-corrected chi connectivity index (χ4v) is 1.92. The number of hydrogen-bond donors (Lipinski definition) is 2. The molecule has 0 unspecified atom stereocenters. The number of benzene rings is 1.